The molecule has 0 radical (unpaired) electrons. The highest BCUT2D eigenvalue weighted by molar-refractivity contribution is 6.31. The van der Waals surface area contributed by atoms with E-state index in [0.717, 1.165) is 22.7 Å². The second-order valence-electron chi connectivity index (χ2n) is 5.04. The molecule has 0 spiro atoms. The number of hydrogen-bond donors (Lipinski definition) is 1. The van der Waals surface area contributed by atoms with Crippen molar-refractivity contribution in [2.45, 2.75) is 19.5 Å². The Hall–Kier alpha value is -1.42. The van der Waals surface area contributed by atoms with Crippen molar-refractivity contribution >= 4 is 11.6 Å². The van der Waals surface area contributed by atoms with Gasteiger partial charge >= 0.3 is 0 Å². The Morgan fingerprint density at radius 2 is 2.15 bits per heavy atom. The number of hydrogen-bond acceptors (Lipinski definition) is 3. The van der Waals surface area contributed by atoms with Gasteiger partial charge in [-0.3, -0.25) is 9.88 Å². The molecule has 4 heteroatoms. The predicted molar refractivity (Wildman–Crippen MR) is 83.7 cm³/mol. The zero-order valence-corrected chi connectivity index (χ0v) is 12.6. The van der Waals surface area contributed by atoms with Gasteiger partial charge in [-0.2, -0.15) is 0 Å². The minimum Gasteiger partial charge on any atom is -0.329 e. The zero-order valence-electron chi connectivity index (χ0n) is 11.9. The highest BCUT2D eigenvalue weighted by Crippen LogP contribution is 2.25. The smallest absolute Gasteiger partial charge is 0.0471 e. The van der Waals surface area contributed by atoms with Crippen molar-refractivity contribution in [3.05, 3.63) is 64.4 Å². The van der Waals surface area contributed by atoms with Gasteiger partial charge in [0.2, 0.25) is 0 Å². The van der Waals surface area contributed by atoms with Crippen molar-refractivity contribution in [3.8, 4) is 0 Å². The largest absolute Gasteiger partial charge is 0.329 e. The van der Waals surface area contributed by atoms with Crippen molar-refractivity contribution in [1.29, 1.82) is 0 Å². The second-order valence-corrected chi connectivity index (χ2v) is 5.44. The van der Waals surface area contributed by atoms with Crippen LogP contribution >= 0.6 is 11.6 Å². The Balaban J connectivity index is 2.16. The van der Waals surface area contributed by atoms with E-state index in [9.17, 15) is 0 Å². The molecule has 20 heavy (non-hydrogen) atoms. The summed E-state index contributed by atoms with van der Waals surface area (Å²) in [7, 11) is 2.07. The van der Waals surface area contributed by atoms with E-state index in [2.05, 4.69) is 29.1 Å². The average Bonchev–Trinajstić information content (AvgIpc) is 2.44. The van der Waals surface area contributed by atoms with E-state index in [-0.39, 0.29) is 6.04 Å². The summed E-state index contributed by atoms with van der Waals surface area (Å²) < 4.78 is 0. The Morgan fingerprint density at radius 1 is 1.35 bits per heavy atom. The van der Waals surface area contributed by atoms with Gasteiger partial charge in [-0.05, 0) is 42.8 Å². The van der Waals surface area contributed by atoms with Crippen LogP contribution in [-0.2, 0) is 6.54 Å². The van der Waals surface area contributed by atoms with Crippen molar-refractivity contribution in [2.75, 3.05) is 13.6 Å². The number of pyridine rings is 1. The molecule has 0 aliphatic rings. The van der Waals surface area contributed by atoms with Crippen LogP contribution in [0.15, 0.2) is 42.7 Å². The molecule has 0 aliphatic heterocycles. The maximum atomic E-state index is 6.21. The standard InChI is InChI=1S/C16H20ClN3/c1-12-5-6-14(8-15(12)17)16(9-18)20(2)11-13-4-3-7-19-10-13/h3-8,10,16H,9,11,18H2,1-2H3. The second kappa shape index (κ2) is 6.84. The molecule has 0 aliphatic carbocycles. The molecule has 0 saturated heterocycles. The van der Waals surface area contributed by atoms with Crippen LogP contribution in [0.2, 0.25) is 5.02 Å². The van der Waals surface area contributed by atoms with E-state index >= 15 is 0 Å². The molecule has 1 heterocycles. The molecule has 0 fully saturated rings. The summed E-state index contributed by atoms with van der Waals surface area (Å²) in [5.74, 6) is 0. The number of halogens is 1. The fourth-order valence-corrected chi connectivity index (χ4v) is 2.47. The van der Waals surface area contributed by atoms with E-state index in [1.807, 2.05) is 31.3 Å². The maximum absolute atomic E-state index is 6.21. The normalized spacial score (nSPS) is 12.7. The van der Waals surface area contributed by atoms with Gasteiger partial charge in [0.25, 0.3) is 0 Å². The summed E-state index contributed by atoms with van der Waals surface area (Å²) >= 11 is 6.21. The number of aryl methyl sites for hydroxylation is 1. The van der Waals surface area contributed by atoms with Crippen LogP contribution < -0.4 is 5.73 Å². The summed E-state index contributed by atoms with van der Waals surface area (Å²) in [5, 5.41) is 0.788. The number of likely N-dealkylation sites (N-methyl/N-ethyl adjacent to an activating group) is 1. The van der Waals surface area contributed by atoms with E-state index in [1.165, 1.54) is 5.56 Å². The van der Waals surface area contributed by atoms with Crippen LogP contribution in [-0.4, -0.2) is 23.5 Å². The molecular weight excluding hydrogens is 270 g/mol. The monoisotopic (exact) mass is 289 g/mol. The highest BCUT2D eigenvalue weighted by Gasteiger charge is 2.16. The number of nitrogens with zero attached hydrogens (tertiary/aromatic N) is 2. The predicted octanol–water partition coefficient (Wildman–Crippen LogP) is 3.18. The maximum Gasteiger partial charge on any atom is 0.0471 e. The third kappa shape index (κ3) is 3.57. The molecule has 2 N–H and O–H groups in total. The van der Waals surface area contributed by atoms with Crippen molar-refractivity contribution < 1.29 is 0 Å². The summed E-state index contributed by atoms with van der Waals surface area (Å²) in [5.41, 5.74) is 9.35. The van der Waals surface area contributed by atoms with Crippen LogP contribution in [0.1, 0.15) is 22.7 Å². The minimum atomic E-state index is 0.147. The van der Waals surface area contributed by atoms with Gasteiger partial charge in [-0.15, -0.1) is 0 Å². The van der Waals surface area contributed by atoms with Gasteiger partial charge in [-0.25, -0.2) is 0 Å². The fraction of sp³-hybridized carbons (Fsp3) is 0.312. The average molecular weight is 290 g/mol. The van der Waals surface area contributed by atoms with Crippen LogP contribution in [0.5, 0.6) is 0 Å². The topological polar surface area (TPSA) is 42.1 Å². The summed E-state index contributed by atoms with van der Waals surface area (Å²) in [6, 6.07) is 10.3. The highest BCUT2D eigenvalue weighted by atomic mass is 35.5. The van der Waals surface area contributed by atoms with Crippen LogP contribution in [0, 0.1) is 6.92 Å². The zero-order chi connectivity index (χ0) is 14.5. The number of benzene rings is 1. The van der Waals surface area contributed by atoms with Crippen molar-refractivity contribution in [3.63, 3.8) is 0 Å². The fourth-order valence-electron chi connectivity index (χ4n) is 2.28. The first-order valence-corrected chi connectivity index (χ1v) is 7.05. The molecule has 106 valence electrons. The molecule has 0 saturated carbocycles. The van der Waals surface area contributed by atoms with Crippen LogP contribution in [0.4, 0.5) is 0 Å². The molecule has 2 rings (SSSR count). The van der Waals surface area contributed by atoms with E-state index in [4.69, 9.17) is 17.3 Å². The van der Waals surface area contributed by atoms with Gasteiger partial charge in [0, 0.05) is 36.5 Å². The van der Waals surface area contributed by atoms with Crippen molar-refractivity contribution in [1.82, 2.24) is 9.88 Å². The third-order valence-electron chi connectivity index (χ3n) is 3.49. The molecule has 0 bridgehead atoms. The molecule has 1 aromatic carbocycles. The first-order chi connectivity index (χ1) is 9.61. The summed E-state index contributed by atoms with van der Waals surface area (Å²) in [6.45, 7) is 3.36. The van der Waals surface area contributed by atoms with Gasteiger partial charge < -0.3 is 5.73 Å². The Bertz CT molecular complexity index is 557. The summed E-state index contributed by atoms with van der Waals surface area (Å²) in [4.78, 5) is 6.36. The Kier molecular flexibility index (Phi) is 5.12. The van der Waals surface area contributed by atoms with E-state index in [1.54, 1.807) is 6.20 Å². The lowest BCUT2D eigenvalue weighted by atomic mass is 10.0. The lowest BCUT2D eigenvalue weighted by Crippen LogP contribution is -2.30. The number of nitrogens with two attached hydrogens (primary N) is 1. The lowest BCUT2D eigenvalue weighted by Gasteiger charge is -2.27. The quantitative estimate of drug-likeness (QED) is 0.919. The van der Waals surface area contributed by atoms with E-state index in [0.29, 0.717) is 6.54 Å². The first-order valence-electron chi connectivity index (χ1n) is 6.67. The molecular formula is C16H20ClN3. The van der Waals surface area contributed by atoms with Crippen LogP contribution in [0.3, 0.4) is 0 Å². The first kappa shape index (κ1) is 15.0. The molecule has 2 aromatic rings. The Morgan fingerprint density at radius 3 is 2.75 bits per heavy atom. The number of rotatable bonds is 5. The van der Waals surface area contributed by atoms with Gasteiger partial charge in [0.1, 0.15) is 0 Å². The van der Waals surface area contributed by atoms with Crippen LogP contribution in [0.25, 0.3) is 0 Å². The lowest BCUT2D eigenvalue weighted by molar-refractivity contribution is 0.241. The Labute approximate surface area is 125 Å². The van der Waals surface area contributed by atoms with Gasteiger partial charge in [0.05, 0.1) is 0 Å². The van der Waals surface area contributed by atoms with E-state index < -0.39 is 0 Å². The molecule has 3 nitrogen and oxygen atoms in total. The minimum absolute atomic E-state index is 0.147. The summed E-state index contributed by atoms with van der Waals surface area (Å²) in [6.07, 6.45) is 3.66. The van der Waals surface area contributed by atoms with Gasteiger partial charge in [-0.1, -0.05) is 29.8 Å². The molecule has 1 aromatic heterocycles. The molecule has 0 amide bonds. The third-order valence-corrected chi connectivity index (χ3v) is 3.90. The van der Waals surface area contributed by atoms with Gasteiger partial charge in [0.15, 0.2) is 0 Å². The molecule has 1 atom stereocenters. The van der Waals surface area contributed by atoms with Crippen molar-refractivity contribution in [2.24, 2.45) is 5.73 Å². The SMILES string of the molecule is Cc1ccc(C(CN)N(C)Cc2cccnc2)cc1Cl. The number of aromatic nitrogens is 1. The molecule has 1 unspecified atom stereocenters.